The molecule has 7 heteroatoms. The average Bonchev–Trinajstić information content (AvgIpc) is 3.14. The molecule has 2 heterocycles. The highest BCUT2D eigenvalue weighted by Gasteiger charge is 2.39. The van der Waals surface area contributed by atoms with Gasteiger partial charge in [0.15, 0.2) is 6.10 Å². The Kier molecular flexibility index (Phi) is 6.28. The fourth-order valence-electron chi connectivity index (χ4n) is 3.84. The van der Waals surface area contributed by atoms with E-state index in [2.05, 4.69) is 4.98 Å². The summed E-state index contributed by atoms with van der Waals surface area (Å²) in [5, 5.41) is 0.975. The second-order valence-corrected chi connectivity index (χ2v) is 9.22. The number of hydrogen-bond acceptors (Lipinski definition) is 6. The predicted octanol–water partition coefficient (Wildman–Crippen LogP) is 5.06. The Bertz CT molecular complexity index is 1140. The zero-order chi connectivity index (χ0) is 22.8. The van der Waals surface area contributed by atoms with E-state index in [1.165, 1.54) is 4.90 Å². The molecule has 0 bridgehead atoms. The first kappa shape index (κ1) is 22.0. The standard InChI is InChI=1S/C25H26N2O4S/c1-5-21-24(28)27(15(2)25(29)30-14-18-9-7-6-8-10-18)20-13-19(11-12-22(20)31-21)23-16(3)32-17(4)26-23/h6-13,15,21H,5,14H2,1-4H3. The molecule has 166 valence electrons. The highest BCUT2D eigenvalue weighted by atomic mass is 32.1. The highest BCUT2D eigenvalue weighted by molar-refractivity contribution is 7.11. The molecule has 2 aromatic carbocycles. The second kappa shape index (κ2) is 9.12. The molecule has 6 nitrogen and oxygen atoms in total. The van der Waals surface area contributed by atoms with E-state index in [1.54, 1.807) is 18.3 Å². The van der Waals surface area contributed by atoms with E-state index < -0.39 is 18.1 Å². The van der Waals surface area contributed by atoms with Gasteiger partial charge in [-0.2, -0.15) is 0 Å². The van der Waals surface area contributed by atoms with Crippen LogP contribution in [0.5, 0.6) is 5.75 Å². The molecule has 32 heavy (non-hydrogen) atoms. The van der Waals surface area contributed by atoms with Crippen LogP contribution in [0, 0.1) is 13.8 Å². The van der Waals surface area contributed by atoms with Gasteiger partial charge in [0.25, 0.3) is 5.91 Å². The molecule has 1 aliphatic rings. The Labute approximate surface area is 191 Å². The summed E-state index contributed by atoms with van der Waals surface area (Å²) in [5.41, 5.74) is 3.21. The van der Waals surface area contributed by atoms with E-state index in [9.17, 15) is 9.59 Å². The molecule has 0 fully saturated rings. The van der Waals surface area contributed by atoms with Crippen molar-refractivity contribution in [2.45, 2.75) is 52.9 Å². The summed E-state index contributed by atoms with van der Waals surface area (Å²) in [7, 11) is 0. The van der Waals surface area contributed by atoms with Gasteiger partial charge in [0.1, 0.15) is 18.4 Å². The topological polar surface area (TPSA) is 68.7 Å². The van der Waals surface area contributed by atoms with Crippen molar-refractivity contribution >= 4 is 28.9 Å². The summed E-state index contributed by atoms with van der Waals surface area (Å²) in [6.45, 7) is 7.73. The van der Waals surface area contributed by atoms with Gasteiger partial charge in [-0.3, -0.25) is 9.69 Å². The van der Waals surface area contributed by atoms with E-state index >= 15 is 0 Å². The van der Waals surface area contributed by atoms with E-state index in [1.807, 2.05) is 69.3 Å². The van der Waals surface area contributed by atoms with Crippen molar-refractivity contribution in [3.63, 3.8) is 0 Å². The number of ether oxygens (including phenoxy) is 2. The van der Waals surface area contributed by atoms with E-state index in [0.29, 0.717) is 17.9 Å². The zero-order valence-corrected chi connectivity index (χ0v) is 19.4. The summed E-state index contributed by atoms with van der Waals surface area (Å²) in [5.74, 6) is -0.129. The van der Waals surface area contributed by atoms with Gasteiger partial charge < -0.3 is 9.47 Å². The lowest BCUT2D eigenvalue weighted by molar-refractivity contribution is -0.148. The summed E-state index contributed by atoms with van der Waals surface area (Å²) < 4.78 is 11.5. The van der Waals surface area contributed by atoms with Crippen LogP contribution in [0.1, 0.15) is 35.7 Å². The number of esters is 1. The van der Waals surface area contributed by atoms with Gasteiger partial charge in [-0.25, -0.2) is 9.78 Å². The van der Waals surface area contributed by atoms with Crippen molar-refractivity contribution in [2.24, 2.45) is 0 Å². The largest absolute Gasteiger partial charge is 0.478 e. The number of thiazole rings is 1. The number of hydrogen-bond donors (Lipinski definition) is 0. The molecule has 1 aliphatic heterocycles. The maximum absolute atomic E-state index is 13.2. The van der Waals surface area contributed by atoms with Gasteiger partial charge in [-0.05, 0) is 51.0 Å². The number of anilines is 1. The molecule has 3 aromatic rings. The van der Waals surface area contributed by atoms with Crippen LogP contribution in [-0.2, 0) is 20.9 Å². The Hall–Kier alpha value is -3.19. The van der Waals surface area contributed by atoms with Crippen molar-refractivity contribution in [1.82, 2.24) is 4.98 Å². The highest BCUT2D eigenvalue weighted by Crippen LogP contribution is 2.40. The van der Waals surface area contributed by atoms with Crippen LogP contribution < -0.4 is 9.64 Å². The molecule has 0 saturated carbocycles. The van der Waals surface area contributed by atoms with Gasteiger partial charge >= 0.3 is 5.97 Å². The van der Waals surface area contributed by atoms with Gasteiger partial charge in [0.2, 0.25) is 0 Å². The molecule has 0 radical (unpaired) electrons. The molecular formula is C25H26N2O4S. The van der Waals surface area contributed by atoms with Crippen molar-refractivity contribution in [3.8, 4) is 17.0 Å². The summed E-state index contributed by atoms with van der Waals surface area (Å²) >= 11 is 1.63. The van der Waals surface area contributed by atoms with Crippen LogP contribution in [-0.4, -0.2) is 29.0 Å². The number of fused-ring (bicyclic) bond motifs is 1. The second-order valence-electron chi connectivity index (χ2n) is 7.81. The van der Waals surface area contributed by atoms with Crippen LogP contribution in [0.4, 0.5) is 5.69 Å². The smallest absolute Gasteiger partial charge is 0.329 e. The number of nitrogens with zero attached hydrogens (tertiary/aromatic N) is 2. The van der Waals surface area contributed by atoms with Crippen molar-refractivity contribution in [3.05, 3.63) is 64.0 Å². The minimum atomic E-state index is -0.795. The Morgan fingerprint density at radius 2 is 1.97 bits per heavy atom. The van der Waals surface area contributed by atoms with Gasteiger partial charge in [-0.1, -0.05) is 37.3 Å². The first-order valence-corrected chi connectivity index (χ1v) is 11.5. The van der Waals surface area contributed by atoms with Crippen molar-refractivity contribution < 1.29 is 19.1 Å². The molecular weight excluding hydrogens is 424 g/mol. The molecule has 4 rings (SSSR count). The summed E-state index contributed by atoms with van der Waals surface area (Å²) in [6.07, 6.45) is -0.131. The number of amides is 1. The molecule has 2 atom stereocenters. The minimum absolute atomic E-state index is 0.157. The molecule has 0 aliphatic carbocycles. The number of rotatable bonds is 6. The number of aromatic nitrogens is 1. The summed E-state index contributed by atoms with van der Waals surface area (Å²) in [6, 6.07) is 14.4. The predicted molar refractivity (Wildman–Crippen MR) is 125 cm³/mol. The number of carbonyl (C=O) groups is 2. The zero-order valence-electron chi connectivity index (χ0n) is 18.6. The first-order valence-electron chi connectivity index (χ1n) is 10.7. The third-order valence-electron chi connectivity index (χ3n) is 5.50. The normalized spacial score (nSPS) is 16.3. The lowest BCUT2D eigenvalue weighted by Crippen LogP contribution is -2.52. The van der Waals surface area contributed by atoms with Gasteiger partial charge in [0.05, 0.1) is 16.4 Å². The molecule has 0 spiro atoms. The lowest BCUT2D eigenvalue weighted by atomic mass is 10.0. The van der Waals surface area contributed by atoms with Crippen LogP contribution in [0.25, 0.3) is 11.3 Å². The Morgan fingerprint density at radius 3 is 2.62 bits per heavy atom. The minimum Gasteiger partial charge on any atom is -0.478 e. The van der Waals surface area contributed by atoms with Gasteiger partial charge in [-0.15, -0.1) is 11.3 Å². The fourth-order valence-corrected chi connectivity index (χ4v) is 4.68. The van der Waals surface area contributed by atoms with Crippen LogP contribution >= 0.6 is 11.3 Å². The Balaban J connectivity index is 1.66. The molecule has 1 amide bonds. The van der Waals surface area contributed by atoms with E-state index in [4.69, 9.17) is 9.47 Å². The Morgan fingerprint density at radius 1 is 1.22 bits per heavy atom. The summed E-state index contributed by atoms with van der Waals surface area (Å²) in [4.78, 5) is 33.4. The maximum Gasteiger partial charge on any atom is 0.329 e. The van der Waals surface area contributed by atoms with Crippen molar-refractivity contribution in [2.75, 3.05) is 4.90 Å². The van der Waals surface area contributed by atoms with Crippen LogP contribution in [0.15, 0.2) is 48.5 Å². The molecule has 0 saturated heterocycles. The number of benzene rings is 2. The van der Waals surface area contributed by atoms with Crippen LogP contribution in [0.3, 0.4) is 0 Å². The third kappa shape index (κ3) is 4.25. The quantitative estimate of drug-likeness (QED) is 0.491. The first-order chi connectivity index (χ1) is 15.4. The molecule has 2 unspecified atom stereocenters. The molecule has 1 aromatic heterocycles. The molecule has 0 N–H and O–H groups in total. The van der Waals surface area contributed by atoms with Crippen molar-refractivity contribution in [1.29, 1.82) is 0 Å². The van der Waals surface area contributed by atoms with E-state index in [-0.39, 0.29) is 12.5 Å². The lowest BCUT2D eigenvalue weighted by Gasteiger charge is -2.37. The van der Waals surface area contributed by atoms with E-state index in [0.717, 1.165) is 26.7 Å². The van der Waals surface area contributed by atoms with Crippen LogP contribution in [0.2, 0.25) is 0 Å². The maximum atomic E-state index is 13.2. The van der Waals surface area contributed by atoms with Gasteiger partial charge in [0, 0.05) is 10.4 Å². The monoisotopic (exact) mass is 450 g/mol. The number of aryl methyl sites for hydroxylation is 2. The average molecular weight is 451 g/mol. The SMILES string of the molecule is CCC1Oc2ccc(-c3nc(C)sc3C)cc2N(C(C)C(=O)OCc2ccccc2)C1=O. The fraction of sp³-hybridized carbons (Fsp3) is 0.320. The number of carbonyl (C=O) groups excluding carboxylic acids is 2. The third-order valence-corrected chi connectivity index (χ3v) is 6.39.